The van der Waals surface area contributed by atoms with E-state index in [1.54, 1.807) is 24.3 Å². The highest BCUT2D eigenvalue weighted by atomic mass is 32.2. The molecule has 0 saturated heterocycles. The van der Waals surface area contributed by atoms with E-state index in [2.05, 4.69) is 15.5 Å². The Bertz CT molecular complexity index is 1300. The highest BCUT2D eigenvalue weighted by molar-refractivity contribution is 7.99. The SMILES string of the molecule is CC(=O)c1ccc(NC(=O)CSc2nnc(COc3ccccc3C)n2Cc2ccccc2)cc1. The van der Waals surface area contributed by atoms with Crippen molar-refractivity contribution >= 4 is 29.1 Å². The number of amides is 1. The molecule has 0 atom stereocenters. The first-order valence-corrected chi connectivity index (χ1v) is 12.2. The first-order chi connectivity index (χ1) is 17.0. The fourth-order valence-corrected chi connectivity index (χ4v) is 4.19. The molecule has 0 aliphatic carbocycles. The lowest BCUT2D eigenvalue weighted by Gasteiger charge is -2.12. The number of benzene rings is 3. The molecule has 1 N–H and O–H groups in total. The number of rotatable bonds is 10. The van der Waals surface area contributed by atoms with Gasteiger partial charge < -0.3 is 10.1 Å². The molecule has 0 bridgehead atoms. The van der Waals surface area contributed by atoms with Crippen molar-refractivity contribution in [1.29, 1.82) is 0 Å². The first-order valence-electron chi connectivity index (χ1n) is 11.2. The van der Waals surface area contributed by atoms with Crippen LogP contribution < -0.4 is 10.1 Å². The lowest BCUT2D eigenvalue weighted by molar-refractivity contribution is -0.113. The molecule has 35 heavy (non-hydrogen) atoms. The molecule has 7 nitrogen and oxygen atoms in total. The van der Waals surface area contributed by atoms with Crippen LogP contribution in [-0.2, 0) is 17.9 Å². The van der Waals surface area contributed by atoms with E-state index in [0.717, 1.165) is 16.9 Å². The van der Waals surface area contributed by atoms with E-state index < -0.39 is 0 Å². The molecule has 0 unspecified atom stereocenters. The Balaban J connectivity index is 1.45. The van der Waals surface area contributed by atoms with Crippen molar-refractivity contribution in [3.05, 3.63) is 101 Å². The summed E-state index contributed by atoms with van der Waals surface area (Å²) < 4.78 is 7.99. The van der Waals surface area contributed by atoms with Gasteiger partial charge in [-0.15, -0.1) is 10.2 Å². The van der Waals surface area contributed by atoms with Crippen LogP contribution in [0.15, 0.2) is 84.0 Å². The van der Waals surface area contributed by atoms with Crippen molar-refractivity contribution in [2.24, 2.45) is 0 Å². The summed E-state index contributed by atoms with van der Waals surface area (Å²) in [4.78, 5) is 24.0. The number of hydrogen-bond donors (Lipinski definition) is 1. The first kappa shape index (κ1) is 24.2. The minimum Gasteiger partial charge on any atom is -0.485 e. The number of aryl methyl sites for hydroxylation is 1. The Morgan fingerprint density at radius 1 is 0.943 bits per heavy atom. The van der Waals surface area contributed by atoms with E-state index >= 15 is 0 Å². The van der Waals surface area contributed by atoms with Crippen molar-refractivity contribution in [2.45, 2.75) is 32.2 Å². The topological polar surface area (TPSA) is 86.1 Å². The molecule has 3 aromatic carbocycles. The van der Waals surface area contributed by atoms with Gasteiger partial charge in [0.15, 0.2) is 16.8 Å². The highest BCUT2D eigenvalue weighted by Crippen LogP contribution is 2.22. The molecule has 0 aliphatic rings. The molecule has 1 amide bonds. The number of ketones is 1. The normalized spacial score (nSPS) is 10.7. The average Bonchev–Trinajstić information content (AvgIpc) is 3.24. The van der Waals surface area contributed by atoms with Crippen LogP contribution in [0.4, 0.5) is 5.69 Å². The quantitative estimate of drug-likeness (QED) is 0.247. The summed E-state index contributed by atoms with van der Waals surface area (Å²) in [6.45, 7) is 4.34. The summed E-state index contributed by atoms with van der Waals surface area (Å²) in [7, 11) is 0. The van der Waals surface area contributed by atoms with Crippen LogP contribution in [0, 0.1) is 6.92 Å². The number of nitrogens with zero attached hydrogens (tertiary/aromatic N) is 3. The van der Waals surface area contributed by atoms with Gasteiger partial charge in [-0.1, -0.05) is 60.3 Å². The monoisotopic (exact) mass is 486 g/mol. The largest absolute Gasteiger partial charge is 0.485 e. The summed E-state index contributed by atoms with van der Waals surface area (Å²) in [5.41, 5.74) is 3.39. The lowest BCUT2D eigenvalue weighted by Crippen LogP contribution is -2.15. The zero-order chi connectivity index (χ0) is 24.6. The number of para-hydroxylation sites is 1. The minimum absolute atomic E-state index is 0.0154. The number of nitrogens with one attached hydrogen (secondary N) is 1. The molecule has 4 aromatic rings. The van der Waals surface area contributed by atoms with E-state index in [9.17, 15) is 9.59 Å². The third-order valence-electron chi connectivity index (χ3n) is 5.33. The van der Waals surface area contributed by atoms with Crippen molar-refractivity contribution in [2.75, 3.05) is 11.1 Å². The molecule has 0 aliphatic heterocycles. The van der Waals surface area contributed by atoms with Gasteiger partial charge in [0.05, 0.1) is 12.3 Å². The summed E-state index contributed by atoms with van der Waals surface area (Å²) in [5, 5.41) is 12.2. The zero-order valence-electron chi connectivity index (χ0n) is 19.6. The molecule has 0 spiro atoms. The van der Waals surface area contributed by atoms with Crippen molar-refractivity contribution in [1.82, 2.24) is 14.8 Å². The smallest absolute Gasteiger partial charge is 0.234 e. The lowest BCUT2D eigenvalue weighted by atomic mass is 10.1. The number of ether oxygens (including phenoxy) is 1. The van der Waals surface area contributed by atoms with Crippen LogP contribution in [0.25, 0.3) is 0 Å². The molecule has 0 radical (unpaired) electrons. The van der Waals surface area contributed by atoms with E-state index in [1.165, 1.54) is 18.7 Å². The molecular formula is C27H26N4O3S. The Kier molecular flexibility index (Phi) is 7.95. The Hall–Kier alpha value is -3.91. The van der Waals surface area contributed by atoms with Crippen LogP contribution in [0.1, 0.15) is 34.2 Å². The summed E-state index contributed by atoms with van der Waals surface area (Å²) in [5.74, 6) is 1.46. The number of hydrogen-bond acceptors (Lipinski definition) is 6. The Morgan fingerprint density at radius 3 is 2.37 bits per heavy atom. The predicted octanol–water partition coefficient (Wildman–Crippen LogP) is 5.15. The maximum Gasteiger partial charge on any atom is 0.234 e. The number of carbonyl (C=O) groups excluding carboxylic acids is 2. The maximum absolute atomic E-state index is 12.5. The van der Waals surface area contributed by atoms with E-state index in [0.29, 0.717) is 28.8 Å². The van der Waals surface area contributed by atoms with Gasteiger partial charge in [0.1, 0.15) is 12.4 Å². The van der Waals surface area contributed by atoms with Gasteiger partial charge in [0.2, 0.25) is 5.91 Å². The summed E-state index contributed by atoms with van der Waals surface area (Å²) >= 11 is 1.31. The van der Waals surface area contributed by atoms with Gasteiger partial charge in [0.25, 0.3) is 0 Å². The van der Waals surface area contributed by atoms with Crippen LogP contribution in [0.3, 0.4) is 0 Å². The Labute approximate surface area is 208 Å². The number of anilines is 1. The molecule has 0 fully saturated rings. The molecular weight excluding hydrogens is 460 g/mol. The van der Waals surface area contributed by atoms with E-state index in [1.807, 2.05) is 66.1 Å². The highest BCUT2D eigenvalue weighted by Gasteiger charge is 2.16. The predicted molar refractivity (Wildman–Crippen MR) is 137 cm³/mol. The number of Topliss-reactive ketones (excluding diaryl/α,β-unsaturated/α-hetero) is 1. The van der Waals surface area contributed by atoms with E-state index in [4.69, 9.17) is 4.74 Å². The number of aromatic nitrogens is 3. The number of thioether (sulfide) groups is 1. The molecule has 0 saturated carbocycles. The zero-order valence-corrected chi connectivity index (χ0v) is 20.4. The molecule has 178 valence electrons. The van der Waals surface area contributed by atoms with Crippen molar-refractivity contribution < 1.29 is 14.3 Å². The number of carbonyl (C=O) groups is 2. The standard InChI is InChI=1S/C27H26N4O3S/c1-19-8-6-7-11-24(19)34-17-25-29-30-27(31(25)16-21-9-4-3-5-10-21)35-18-26(33)28-23-14-12-22(13-15-23)20(2)32/h3-15H,16-18H2,1-2H3,(H,28,33). The third kappa shape index (κ3) is 6.58. The van der Waals surface area contributed by atoms with Gasteiger partial charge in [-0.25, -0.2) is 0 Å². The Morgan fingerprint density at radius 2 is 1.66 bits per heavy atom. The average molecular weight is 487 g/mol. The summed E-state index contributed by atoms with van der Waals surface area (Å²) in [6, 6.07) is 24.7. The second kappa shape index (κ2) is 11.5. The van der Waals surface area contributed by atoms with Gasteiger partial charge in [-0.05, 0) is 55.3 Å². The van der Waals surface area contributed by atoms with Crippen LogP contribution in [-0.4, -0.2) is 32.2 Å². The van der Waals surface area contributed by atoms with E-state index in [-0.39, 0.29) is 24.1 Å². The van der Waals surface area contributed by atoms with Crippen LogP contribution in [0.2, 0.25) is 0 Å². The molecule has 1 aromatic heterocycles. The van der Waals surface area contributed by atoms with Crippen molar-refractivity contribution in [3.8, 4) is 5.75 Å². The second-order valence-corrected chi connectivity index (χ2v) is 8.94. The minimum atomic E-state index is -0.169. The maximum atomic E-state index is 12.5. The fraction of sp³-hybridized carbons (Fsp3) is 0.185. The fourth-order valence-electron chi connectivity index (χ4n) is 3.43. The third-order valence-corrected chi connectivity index (χ3v) is 6.30. The molecule has 4 rings (SSSR count). The summed E-state index contributed by atoms with van der Waals surface area (Å²) in [6.07, 6.45) is 0. The van der Waals surface area contributed by atoms with Crippen LogP contribution >= 0.6 is 11.8 Å². The van der Waals surface area contributed by atoms with Gasteiger partial charge in [0, 0.05) is 11.3 Å². The van der Waals surface area contributed by atoms with Gasteiger partial charge in [-0.2, -0.15) is 0 Å². The molecule has 1 heterocycles. The van der Waals surface area contributed by atoms with Crippen LogP contribution in [0.5, 0.6) is 5.75 Å². The van der Waals surface area contributed by atoms with Gasteiger partial charge in [-0.3, -0.25) is 14.2 Å². The molecule has 8 heteroatoms. The van der Waals surface area contributed by atoms with Crippen molar-refractivity contribution in [3.63, 3.8) is 0 Å². The van der Waals surface area contributed by atoms with Gasteiger partial charge >= 0.3 is 0 Å². The second-order valence-electron chi connectivity index (χ2n) is 8.00.